The van der Waals surface area contributed by atoms with Crippen LogP contribution in [-0.2, 0) is 9.53 Å². The Morgan fingerprint density at radius 1 is 1.40 bits per heavy atom. The molecule has 0 aliphatic carbocycles. The second-order valence-corrected chi connectivity index (χ2v) is 4.84. The van der Waals surface area contributed by atoms with Crippen molar-refractivity contribution in [3.63, 3.8) is 0 Å². The number of ether oxygens (including phenoxy) is 1. The quantitative estimate of drug-likeness (QED) is 0.741. The van der Waals surface area contributed by atoms with E-state index in [1.54, 1.807) is 0 Å². The number of carbonyl (C=O) groups is 1. The molecule has 0 aromatic heterocycles. The Balaban J connectivity index is 2.66. The SMILES string of the molecule is CCNC(CCN(CC)c1cccc(C)c1)C(=O)OC. The highest BCUT2D eigenvalue weighted by Crippen LogP contribution is 2.16. The number of aryl methyl sites for hydroxylation is 1. The number of hydrogen-bond donors (Lipinski definition) is 1. The van der Waals surface area contributed by atoms with Gasteiger partial charge in [-0.05, 0) is 44.5 Å². The number of hydrogen-bond acceptors (Lipinski definition) is 4. The van der Waals surface area contributed by atoms with Gasteiger partial charge < -0.3 is 15.0 Å². The molecular formula is C16H26N2O2. The van der Waals surface area contributed by atoms with Crippen molar-refractivity contribution in [2.75, 3.05) is 31.6 Å². The van der Waals surface area contributed by atoms with Gasteiger partial charge in [-0.25, -0.2) is 0 Å². The number of rotatable bonds is 8. The highest BCUT2D eigenvalue weighted by Gasteiger charge is 2.18. The number of nitrogens with one attached hydrogen (secondary N) is 1. The van der Waals surface area contributed by atoms with E-state index in [4.69, 9.17) is 4.74 Å². The Morgan fingerprint density at radius 2 is 2.15 bits per heavy atom. The molecule has 0 saturated carbocycles. The molecule has 0 amide bonds. The number of anilines is 1. The first-order valence-electron chi connectivity index (χ1n) is 7.25. The van der Waals surface area contributed by atoms with Gasteiger partial charge >= 0.3 is 5.97 Å². The predicted molar refractivity (Wildman–Crippen MR) is 83.2 cm³/mol. The fourth-order valence-corrected chi connectivity index (χ4v) is 2.27. The number of likely N-dealkylation sites (N-methyl/N-ethyl adjacent to an activating group) is 1. The maximum absolute atomic E-state index is 11.7. The molecule has 0 saturated heterocycles. The lowest BCUT2D eigenvalue weighted by atomic mass is 10.1. The molecule has 0 radical (unpaired) electrons. The van der Waals surface area contributed by atoms with Gasteiger partial charge in [-0.3, -0.25) is 4.79 Å². The van der Waals surface area contributed by atoms with Crippen molar-refractivity contribution in [2.24, 2.45) is 0 Å². The van der Waals surface area contributed by atoms with E-state index in [1.165, 1.54) is 18.4 Å². The summed E-state index contributed by atoms with van der Waals surface area (Å²) >= 11 is 0. The fraction of sp³-hybridized carbons (Fsp3) is 0.562. The largest absolute Gasteiger partial charge is 0.468 e. The van der Waals surface area contributed by atoms with Gasteiger partial charge in [-0.15, -0.1) is 0 Å². The molecule has 0 aliphatic heterocycles. The van der Waals surface area contributed by atoms with Crippen molar-refractivity contribution in [2.45, 2.75) is 33.2 Å². The second-order valence-electron chi connectivity index (χ2n) is 4.84. The van der Waals surface area contributed by atoms with Crippen molar-refractivity contribution in [3.8, 4) is 0 Å². The molecule has 0 bridgehead atoms. The van der Waals surface area contributed by atoms with E-state index in [2.05, 4.69) is 48.3 Å². The molecule has 4 nitrogen and oxygen atoms in total. The average molecular weight is 278 g/mol. The van der Waals surface area contributed by atoms with Crippen molar-refractivity contribution in [1.82, 2.24) is 5.32 Å². The van der Waals surface area contributed by atoms with Crippen LogP contribution in [0.5, 0.6) is 0 Å². The van der Waals surface area contributed by atoms with Crippen LogP contribution in [-0.4, -0.2) is 38.8 Å². The summed E-state index contributed by atoms with van der Waals surface area (Å²) in [7, 11) is 1.44. The van der Waals surface area contributed by atoms with Crippen LogP contribution in [0.3, 0.4) is 0 Å². The van der Waals surface area contributed by atoms with E-state index in [-0.39, 0.29) is 12.0 Å². The highest BCUT2D eigenvalue weighted by molar-refractivity contribution is 5.75. The topological polar surface area (TPSA) is 41.6 Å². The Morgan fingerprint density at radius 3 is 2.70 bits per heavy atom. The normalized spacial score (nSPS) is 12.0. The minimum absolute atomic E-state index is 0.188. The molecule has 1 N–H and O–H groups in total. The monoisotopic (exact) mass is 278 g/mol. The predicted octanol–water partition coefficient (Wildman–Crippen LogP) is 2.36. The number of esters is 1. The Hall–Kier alpha value is -1.55. The molecule has 0 fully saturated rings. The lowest BCUT2D eigenvalue weighted by Gasteiger charge is -2.25. The van der Waals surface area contributed by atoms with Gasteiger partial charge in [0.1, 0.15) is 6.04 Å². The first-order valence-corrected chi connectivity index (χ1v) is 7.25. The van der Waals surface area contributed by atoms with Gasteiger partial charge in [-0.2, -0.15) is 0 Å². The van der Waals surface area contributed by atoms with Crippen LogP contribution < -0.4 is 10.2 Å². The molecule has 1 aromatic rings. The van der Waals surface area contributed by atoms with Crippen LogP contribution in [0.2, 0.25) is 0 Å². The van der Waals surface area contributed by atoms with E-state index >= 15 is 0 Å². The molecular weight excluding hydrogens is 252 g/mol. The summed E-state index contributed by atoms with van der Waals surface area (Å²) in [5, 5.41) is 3.17. The maximum Gasteiger partial charge on any atom is 0.322 e. The van der Waals surface area contributed by atoms with E-state index in [0.29, 0.717) is 0 Å². The Labute approximate surface area is 122 Å². The lowest BCUT2D eigenvalue weighted by molar-refractivity contribution is -0.143. The molecule has 20 heavy (non-hydrogen) atoms. The minimum Gasteiger partial charge on any atom is -0.468 e. The smallest absolute Gasteiger partial charge is 0.322 e. The molecule has 112 valence electrons. The zero-order valence-corrected chi connectivity index (χ0v) is 13.0. The summed E-state index contributed by atoms with van der Waals surface area (Å²) < 4.78 is 4.84. The zero-order valence-electron chi connectivity index (χ0n) is 13.0. The summed E-state index contributed by atoms with van der Waals surface area (Å²) in [6.07, 6.45) is 0.738. The molecule has 1 atom stereocenters. The standard InChI is InChI=1S/C16H26N2O2/c1-5-17-15(16(19)20-4)10-11-18(6-2)14-9-7-8-13(3)12-14/h7-9,12,15,17H,5-6,10-11H2,1-4H3. The molecule has 0 heterocycles. The van der Waals surface area contributed by atoms with Crippen molar-refractivity contribution >= 4 is 11.7 Å². The summed E-state index contributed by atoms with van der Waals surface area (Å²) in [6.45, 7) is 8.72. The molecule has 0 spiro atoms. The van der Waals surface area contributed by atoms with E-state index in [9.17, 15) is 4.79 Å². The molecule has 0 aliphatic rings. The van der Waals surface area contributed by atoms with Crippen LogP contribution in [0.25, 0.3) is 0 Å². The van der Waals surface area contributed by atoms with E-state index in [0.717, 1.165) is 26.1 Å². The second kappa shape index (κ2) is 8.59. The van der Waals surface area contributed by atoms with Crippen LogP contribution in [0, 0.1) is 6.92 Å². The van der Waals surface area contributed by atoms with Gasteiger partial charge in [-0.1, -0.05) is 19.1 Å². The van der Waals surface area contributed by atoms with Crippen molar-refractivity contribution in [1.29, 1.82) is 0 Å². The molecule has 4 heteroatoms. The number of benzene rings is 1. The average Bonchev–Trinajstić information content (AvgIpc) is 2.46. The van der Waals surface area contributed by atoms with Crippen LogP contribution in [0.15, 0.2) is 24.3 Å². The number of nitrogens with zero attached hydrogens (tertiary/aromatic N) is 1. The number of methoxy groups -OCH3 is 1. The first-order chi connectivity index (χ1) is 9.62. The van der Waals surface area contributed by atoms with Gasteiger partial charge in [0.15, 0.2) is 0 Å². The minimum atomic E-state index is -0.233. The Bertz CT molecular complexity index is 421. The maximum atomic E-state index is 11.7. The third-order valence-corrected chi connectivity index (χ3v) is 3.37. The molecule has 1 aromatic carbocycles. The Kier molecular flexibility index (Phi) is 7.09. The van der Waals surface area contributed by atoms with Gasteiger partial charge in [0.25, 0.3) is 0 Å². The summed E-state index contributed by atoms with van der Waals surface area (Å²) in [5.74, 6) is -0.188. The van der Waals surface area contributed by atoms with Crippen molar-refractivity contribution in [3.05, 3.63) is 29.8 Å². The van der Waals surface area contributed by atoms with Crippen LogP contribution in [0.1, 0.15) is 25.8 Å². The first kappa shape index (κ1) is 16.5. The van der Waals surface area contributed by atoms with Crippen LogP contribution >= 0.6 is 0 Å². The summed E-state index contributed by atoms with van der Waals surface area (Å²) in [5.41, 5.74) is 2.45. The lowest BCUT2D eigenvalue weighted by Crippen LogP contribution is -2.40. The third-order valence-electron chi connectivity index (χ3n) is 3.37. The summed E-state index contributed by atoms with van der Waals surface area (Å²) in [4.78, 5) is 14.0. The fourth-order valence-electron chi connectivity index (χ4n) is 2.27. The van der Waals surface area contributed by atoms with E-state index < -0.39 is 0 Å². The molecule has 1 rings (SSSR count). The van der Waals surface area contributed by atoms with Gasteiger partial charge in [0, 0.05) is 18.8 Å². The number of carbonyl (C=O) groups excluding carboxylic acids is 1. The van der Waals surface area contributed by atoms with Crippen molar-refractivity contribution < 1.29 is 9.53 Å². The summed E-state index contributed by atoms with van der Waals surface area (Å²) in [6, 6.07) is 8.20. The van der Waals surface area contributed by atoms with Gasteiger partial charge in [0.05, 0.1) is 7.11 Å². The highest BCUT2D eigenvalue weighted by atomic mass is 16.5. The van der Waals surface area contributed by atoms with Gasteiger partial charge in [0.2, 0.25) is 0 Å². The zero-order chi connectivity index (χ0) is 15.0. The van der Waals surface area contributed by atoms with E-state index in [1.807, 2.05) is 6.92 Å². The molecule has 1 unspecified atom stereocenters. The van der Waals surface area contributed by atoms with Crippen LogP contribution in [0.4, 0.5) is 5.69 Å². The third kappa shape index (κ3) is 4.85.